The average molecular weight is 444 g/mol. The van der Waals surface area contributed by atoms with Gasteiger partial charge in [-0.3, -0.25) is 5.10 Å². The van der Waals surface area contributed by atoms with E-state index in [1.165, 1.54) is 0 Å². The summed E-state index contributed by atoms with van der Waals surface area (Å²) in [5.74, 6) is 0.916. The largest absolute Gasteiger partial charge is 0.494 e. The van der Waals surface area contributed by atoms with Crippen LogP contribution in [0.3, 0.4) is 0 Å². The first-order valence-electron chi connectivity index (χ1n) is 11.3. The highest BCUT2D eigenvalue weighted by Crippen LogP contribution is 2.46. The van der Waals surface area contributed by atoms with Crippen molar-refractivity contribution in [2.75, 3.05) is 24.6 Å². The molecule has 0 amide bonds. The van der Waals surface area contributed by atoms with Crippen LogP contribution in [0.4, 0.5) is 5.69 Å². The number of nitriles is 1. The summed E-state index contributed by atoms with van der Waals surface area (Å²) in [5.41, 5.74) is 11.1. The zero-order valence-electron chi connectivity index (χ0n) is 19.3. The lowest BCUT2D eigenvalue weighted by molar-refractivity contribution is 0.317. The van der Waals surface area contributed by atoms with Crippen LogP contribution >= 0.6 is 0 Å². The number of hydrogen-bond donors (Lipinski definition) is 2. The number of nitrogens with one attached hydrogen (secondary N) is 1. The Hall–Kier alpha value is -3.92. The zero-order chi connectivity index (χ0) is 23.4. The van der Waals surface area contributed by atoms with E-state index in [9.17, 15) is 5.26 Å². The molecular formula is C26H29N5O2. The lowest BCUT2D eigenvalue weighted by Crippen LogP contribution is -2.22. The molecule has 0 aliphatic carbocycles. The van der Waals surface area contributed by atoms with Crippen LogP contribution in [0.1, 0.15) is 44.2 Å². The van der Waals surface area contributed by atoms with Crippen LogP contribution in [-0.2, 0) is 0 Å². The maximum atomic E-state index is 9.93. The Bertz CT molecular complexity index is 1170. The van der Waals surface area contributed by atoms with Gasteiger partial charge in [0.15, 0.2) is 0 Å². The van der Waals surface area contributed by atoms with Gasteiger partial charge in [0.2, 0.25) is 11.8 Å². The number of aromatic nitrogens is 2. The van der Waals surface area contributed by atoms with Crippen molar-refractivity contribution >= 4 is 5.69 Å². The maximum absolute atomic E-state index is 9.93. The smallest absolute Gasteiger partial charge is 0.244 e. The highest BCUT2D eigenvalue weighted by molar-refractivity contribution is 5.71. The molecule has 2 heterocycles. The predicted molar refractivity (Wildman–Crippen MR) is 129 cm³/mol. The van der Waals surface area contributed by atoms with Gasteiger partial charge in [-0.15, -0.1) is 5.10 Å². The molecule has 0 bridgehead atoms. The third-order valence-corrected chi connectivity index (χ3v) is 5.91. The van der Waals surface area contributed by atoms with E-state index < -0.39 is 0 Å². The summed E-state index contributed by atoms with van der Waals surface area (Å²) in [6.45, 7) is 8.87. The van der Waals surface area contributed by atoms with Crippen molar-refractivity contribution in [3.05, 3.63) is 71.1 Å². The Morgan fingerprint density at radius 3 is 2.39 bits per heavy atom. The summed E-state index contributed by atoms with van der Waals surface area (Å²) in [7, 11) is 0. The summed E-state index contributed by atoms with van der Waals surface area (Å²) in [6.07, 6.45) is 0.951. The summed E-state index contributed by atoms with van der Waals surface area (Å²) >= 11 is 0. The number of rotatable bonds is 8. The standard InChI is InChI=1S/C26H29N5O2/c1-4-15-32-20-13-9-18(10-14-20)24-23-22(21(16-27)25(28)33-26(23)30-29-24)17-7-11-19(12-8-17)31(5-2)6-3/h7-14,22H,4-6,15,28H2,1-3H3,(H,29,30)/t22-/m1/s1. The second kappa shape index (κ2) is 9.70. The lowest BCUT2D eigenvalue weighted by atomic mass is 9.83. The molecule has 0 saturated heterocycles. The highest BCUT2D eigenvalue weighted by atomic mass is 16.5. The third kappa shape index (κ3) is 4.24. The molecule has 7 heteroatoms. The quantitative estimate of drug-likeness (QED) is 0.512. The Balaban J connectivity index is 1.76. The number of nitrogens with zero attached hydrogens (tertiary/aromatic N) is 3. The second-order valence-corrected chi connectivity index (χ2v) is 7.88. The molecule has 33 heavy (non-hydrogen) atoms. The molecule has 7 nitrogen and oxygen atoms in total. The van der Waals surface area contributed by atoms with E-state index in [0.717, 1.165) is 53.3 Å². The molecule has 0 spiro atoms. The minimum atomic E-state index is -0.380. The predicted octanol–water partition coefficient (Wildman–Crippen LogP) is 4.93. The number of nitrogens with two attached hydrogens (primary N) is 1. The number of allylic oxidation sites excluding steroid dienone is 1. The van der Waals surface area contributed by atoms with E-state index in [4.69, 9.17) is 15.2 Å². The number of H-pyrrole nitrogens is 1. The van der Waals surface area contributed by atoms with Gasteiger partial charge in [0.05, 0.1) is 23.8 Å². The van der Waals surface area contributed by atoms with Gasteiger partial charge < -0.3 is 20.1 Å². The van der Waals surface area contributed by atoms with Crippen LogP contribution < -0.4 is 20.1 Å². The van der Waals surface area contributed by atoms with E-state index in [2.05, 4.69) is 66.2 Å². The van der Waals surface area contributed by atoms with Crippen LogP contribution in [-0.4, -0.2) is 29.9 Å². The van der Waals surface area contributed by atoms with E-state index in [-0.39, 0.29) is 11.8 Å². The molecule has 4 rings (SSSR count). The zero-order valence-corrected chi connectivity index (χ0v) is 19.3. The molecule has 170 valence electrons. The van der Waals surface area contributed by atoms with Crippen LogP contribution in [0.5, 0.6) is 11.6 Å². The topological polar surface area (TPSA) is 100 Å². The normalized spacial score (nSPS) is 14.9. The summed E-state index contributed by atoms with van der Waals surface area (Å²) in [4.78, 5) is 2.28. The fourth-order valence-corrected chi connectivity index (χ4v) is 4.20. The SMILES string of the molecule is CCCOc1ccc(-c2[nH]nc3c2[C@H](c2ccc(N(CC)CC)cc2)C(C#N)=C(N)O3)cc1. The molecule has 2 aromatic carbocycles. The molecule has 0 radical (unpaired) electrons. The van der Waals surface area contributed by atoms with Crippen molar-refractivity contribution < 1.29 is 9.47 Å². The van der Waals surface area contributed by atoms with Gasteiger partial charge in [0.25, 0.3) is 0 Å². The van der Waals surface area contributed by atoms with Crippen molar-refractivity contribution in [2.24, 2.45) is 5.73 Å². The monoisotopic (exact) mass is 443 g/mol. The third-order valence-electron chi connectivity index (χ3n) is 5.91. The van der Waals surface area contributed by atoms with Crippen molar-refractivity contribution in [1.29, 1.82) is 5.26 Å². The number of ether oxygens (including phenoxy) is 2. The first-order chi connectivity index (χ1) is 16.1. The Morgan fingerprint density at radius 2 is 1.79 bits per heavy atom. The van der Waals surface area contributed by atoms with Crippen LogP contribution in [0.2, 0.25) is 0 Å². The van der Waals surface area contributed by atoms with Gasteiger partial charge in [-0.25, -0.2) is 0 Å². The summed E-state index contributed by atoms with van der Waals surface area (Å²) in [5, 5.41) is 17.4. The van der Waals surface area contributed by atoms with Crippen molar-refractivity contribution in [3.8, 4) is 29.0 Å². The van der Waals surface area contributed by atoms with E-state index in [0.29, 0.717) is 18.1 Å². The molecular weight excluding hydrogens is 414 g/mol. The van der Waals surface area contributed by atoms with Crippen LogP contribution in [0.15, 0.2) is 60.0 Å². The highest BCUT2D eigenvalue weighted by Gasteiger charge is 2.35. The average Bonchev–Trinajstić information content (AvgIpc) is 3.26. The van der Waals surface area contributed by atoms with Gasteiger partial charge in [0, 0.05) is 24.3 Å². The van der Waals surface area contributed by atoms with Crippen LogP contribution in [0.25, 0.3) is 11.3 Å². The van der Waals surface area contributed by atoms with Crippen LogP contribution in [0, 0.1) is 11.3 Å². The van der Waals surface area contributed by atoms with Gasteiger partial charge in [0.1, 0.15) is 17.4 Å². The molecule has 0 fully saturated rings. The van der Waals surface area contributed by atoms with E-state index in [1.807, 2.05) is 24.3 Å². The molecule has 3 aromatic rings. The first-order valence-corrected chi connectivity index (χ1v) is 11.3. The summed E-state index contributed by atoms with van der Waals surface area (Å²) < 4.78 is 11.4. The number of anilines is 1. The fraction of sp³-hybridized carbons (Fsp3) is 0.308. The fourth-order valence-electron chi connectivity index (χ4n) is 4.20. The molecule has 1 aliphatic rings. The first kappa shape index (κ1) is 22.3. The number of fused-ring (bicyclic) bond motifs is 1. The molecule has 1 aromatic heterocycles. The maximum Gasteiger partial charge on any atom is 0.244 e. The number of aromatic amines is 1. The number of hydrogen-bond acceptors (Lipinski definition) is 6. The van der Waals surface area contributed by atoms with Gasteiger partial charge >= 0.3 is 0 Å². The summed E-state index contributed by atoms with van der Waals surface area (Å²) in [6, 6.07) is 18.4. The molecule has 0 saturated carbocycles. The van der Waals surface area contributed by atoms with Gasteiger partial charge in [-0.2, -0.15) is 5.26 Å². The molecule has 3 N–H and O–H groups in total. The second-order valence-electron chi connectivity index (χ2n) is 7.88. The minimum absolute atomic E-state index is 0.0872. The Labute approximate surface area is 194 Å². The molecule has 0 unspecified atom stereocenters. The van der Waals surface area contributed by atoms with E-state index in [1.54, 1.807) is 0 Å². The molecule has 1 atom stereocenters. The van der Waals surface area contributed by atoms with Crippen molar-refractivity contribution in [3.63, 3.8) is 0 Å². The van der Waals surface area contributed by atoms with Crippen molar-refractivity contribution in [1.82, 2.24) is 10.2 Å². The van der Waals surface area contributed by atoms with E-state index >= 15 is 0 Å². The Kier molecular flexibility index (Phi) is 6.55. The number of benzene rings is 2. The minimum Gasteiger partial charge on any atom is -0.494 e. The molecule has 1 aliphatic heterocycles. The lowest BCUT2D eigenvalue weighted by Gasteiger charge is -2.25. The van der Waals surface area contributed by atoms with Gasteiger partial charge in [-0.1, -0.05) is 19.1 Å². The van der Waals surface area contributed by atoms with Gasteiger partial charge in [-0.05, 0) is 62.2 Å². The Morgan fingerprint density at radius 1 is 1.09 bits per heavy atom. The van der Waals surface area contributed by atoms with Crippen molar-refractivity contribution in [2.45, 2.75) is 33.1 Å².